The summed E-state index contributed by atoms with van der Waals surface area (Å²) in [6.45, 7) is 4.77. The number of ether oxygens (including phenoxy) is 2. The smallest absolute Gasteiger partial charge is 0.335 e. The minimum Gasteiger partial charge on any atom is -0.495 e. The van der Waals surface area contributed by atoms with Gasteiger partial charge in [0, 0.05) is 0 Å². The fraction of sp³-hybridized carbons (Fsp3) is 0.286. The van der Waals surface area contributed by atoms with E-state index in [2.05, 4.69) is 5.32 Å². The summed E-state index contributed by atoms with van der Waals surface area (Å²) in [6.07, 6.45) is 0. The van der Waals surface area contributed by atoms with E-state index in [1.165, 1.54) is 30.2 Å². The Hall–Kier alpha value is -3.55. The molecule has 2 aromatic carbocycles. The number of benzene rings is 2. The molecule has 1 unspecified atom stereocenters. The van der Waals surface area contributed by atoms with Crippen LogP contribution in [0.3, 0.4) is 0 Å². The molecule has 0 spiro atoms. The molecule has 2 aromatic rings. The molecule has 0 aromatic heterocycles. The van der Waals surface area contributed by atoms with Crippen LogP contribution >= 0.6 is 0 Å². The molecule has 8 heteroatoms. The maximum absolute atomic E-state index is 13.1. The summed E-state index contributed by atoms with van der Waals surface area (Å²) in [7, 11) is 1.49. The van der Waals surface area contributed by atoms with Gasteiger partial charge < -0.3 is 19.9 Å². The lowest BCUT2D eigenvalue weighted by Crippen LogP contribution is -2.58. The molecule has 8 nitrogen and oxygen atoms in total. The van der Waals surface area contributed by atoms with Crippen molar-refractivity contribution in [2.24, 2.45) is 0 Å². The van der Waals surface area contributed by atoms with Gasteiger partial charge in [-0.1, -0.05) is 12.1 Å². The van der Waals surface area contributed by atoms with Gasteiger partial charge in [-0.2, -0.15) is 0 Å². The van der Waals surface area contributed by atoms with Gasteiger partial charge in [0.1, 0.15) is 17.5 Å². The minimum absolute atomic E-state index is 0.0119. The number of carbonyl (C=O) groups excluding carboxylic acids is 2. The molecule has 0 saturated heterocycles. The molecule has 1 aliphatic rings. The largest absolute Gasteiger partial charge is 0.495 e. The van der Waals surface area contributed by atoms with Crippen LogP contribution in [0.25, 0.3) is 0 Å². The number of hydrogen-bond acceptors (Lipinski definition) is 5. The predicted molar refractivity (Wildman–Crippen MR) is 107 cm³/mol. The van der Waals surface area contributed by atoms with Crippen LogP contribution in [-0.4, -0.2) is 41.6 Å². The van der Waals surface area contributed by atoms with Crippen LogP contribution < -0.4 is 19.7 Å². The Morgan fingerprint density at radius 3 is 2.55 bits per heavy atom. The number of methoxy groups -OCH3 is 1. The van der Waals surface area contributed by atoms with Crippen molar-refractivity contribution in [1.82, 2.24) is 0 Å². The average molecular weight is 398 g/mol. The SMILES string of the molecule is COc1ccccc1NC(=O)C(C)N1C(=O)C(C)(C)Oc2ccc(C(=O)O)cc21. The number of amides is 2. The fourth-order valence-corrected chi connectivity index (χ4v) is 3.13. The van der Waals surface area contributed by atoms with Crippen molar-refractivity contribution in [3.05, 3.63) is 48.0 Å². The van der Waals surface area contributed by atoms with Gasteiger partial charge in [-0.3, -0.25) is 14.5 Å². The molecule has 3 rings (SSSR count). The Morgan fingerprint density at radius 2 is 1.90 bits per heavy atom. The lowest BCUT2D eigenvalue weighted by molar-refractivity contribution is -0.134. The normalized spacial score (nSPS) is 15.7. The van der Waals surface area contributed by atoms with Crippen molar-refractivity contribution in [1.29, 1.82) is 0 Å². The summed E-state index contributed by atoms with van der Waals surface area (Å²) in [6, 6.07) is 10.2. The number of nitrogens with zero attached hydrogens (tertiary/aromatic N) is 1. The van der Waals surface area contributed by atoms with Gasteiger partial charge in [0.15, 0.2) is 5.60 Å². The van der Waals surface area contributed by atoms with Crippen molar-refractivity contribution in [2.75, 3.05) is 17.3 Å². The summed E-state index contributed by atoms with van der Waals surface area (Å²) in [5.41, 5.74) is -0.526. The van der Waals surface area contributed by atoms with E-state index in [1.807, 2.05) is 0 Å². The first-order valence-corrected chi connectivity index (χ1v) is 8.99. The van der Waals surface area contributed by atoms with Crippen LogP contribution in [-0.2, 0) is 9.59 Å². The number of aromatic carboxylic acids is 1. The summed E-state index contributed by atoms with van der Waals surface area (Å²) >= 11 is 0. The lowest BCUT2D eigenvalue weighted by atomic mass is 10.0. The zero-order valence-corrected chi connectivity index (χ0v) is 16.6. The molecule has 29 heavy (non-hydrogen) atoms. The number of para-hydroxylation sites is 2. The highest BCUT2D eigenvalue weighted by Crippen LogP contribution is 2.40. The van der Waals surface area contributed by atoms with Crippen molar-refractivity contribution in [2.45, 2.75) is 32.4 Å². The van der Waals surface area contributed by atoms with Gasteiger partial charge in [-0.25, -0.2) is 4.79 Å². The van der Waals surface area contributed by atoms with Crippen molar-refractivity contribution in [3.8, 4) is 11.5 Å². The molecular formula is C21H22N2O6. The summed E-state index contributed by atoms with van der Waals surface area (Å²) in [5, 5.41) is 12.1. The highest BCUT2D eigenvalue weighted by molar-refractivity contribution is 6.10. The van der Waals surface area contributed by atoms with Crippen LogP contribution in [0.1, 0.15) is 31.1 Å². The third kappa shape index (κ3) is 3.73. The number of anilines is 2. The monoisotopic (exact) mass is 398 g/mol. The highest BCUT2D eigenvalue weighted by atomic mass is 16.5. The first-order valence-electron chi connectivity index (χ1n) is 8.99. The van der Waals surface area contributed by atoms with Gasteiger partial charge in [0.2, 0.25) is 5.91 Å². The van der Waals surface area contributed by atoms with Crippen LogP contribution in [0.4, 0.5) is 11.4 Å². The van der Waals surface area contributed by atoms with Crippen molar-refractivity contribution in [3.63, 3.8) is 0 Å². The number of carboxylic acids is 1. The zero-order valence-electron chi connectivity index (χ0n) is 16.6. The molecule has 2 amide bonds. The molecule has 1 aliphatic heterocycles. The molecule has 1 heterocycles. The van der Waals surface area contributed by atoms with E-state index in [0.717, 1.165) is 0 Å². The second-order valence-electron chi connectivity index (χ2n) is 7.14. The third-order valence-electron chi connectivity index (χ3n) is 4.70. The van der Waals surface area contributed by atoms with Gasteiger partial charge in [0.25, 0.3) is 5.91 Å². The Kier molecular flexibility index (Phi) is 5.19. The topological polar surface area (TPSA) is 105 Å². The Balaban J connectivity index is 1.99. The number of fused-ring (bicyclic) bond motifs is 1. The minimum atomic E-state index is -1.21. The second kappa shape index (κ2) is 7.46. The van der Waals surface area contributed by atoms with Crippen molar-refractivity contribution >= 4 is 29.2 Å². The molecule has 0 radical (unpaired) electrons. The number of carbonyl (C=O) groups is 3. The highest BCUT2D eigenvalue weighted by Gasteiger charge is 2.44. The second-order valence-corrected chi connectivity index (χ2v) is 7.14. The molecular weight excluding hydrogens is 376 g/mol. The van der Waals surface area contributed by atoms with Gasteiger partial charge in [-0.05, 0) is 51.1 Å². The van der Waals surface area contributed by atoms with E-state index in [9.17, 15) is 19.5 Å². The first-order chi connectivity index (χ1) is 13.7. The number of nitrogens with one attached hydrogen (secondary N) is 1. The van der Waals surface area contributed by atoms with Crippen LogP contribution in [0, 0.1) is 0 Å². The van der Waals surface area contributed by atoms with Crippen LogP contribution in [0.2, 0.25) is 0 Å². The Bertz CT molecular complexity index is 985. The van der Waals surface area contributed by atoms with E-state index in [-0.39, 0.29) is 11.3 Å². The molecule has 1 atom stereocenters. The molecule has 0 bridgehead atoms. The van der Waals surface area contributed by atoms with E-state index in [0.29, 0.717) is 17.2 Å². The predicted octanol–water partition coefficient (Wildman–Crippen LogP) is 2.92. The summed E-state index contributed by atoms with van der Waals surface area (Å²) < 4.78 is 11.0. The number of carboxylic acid groups (broad SMARTS) is 1. The van der Waals surface area contributed by atoms with Gasteiger partial charge in [0.05, 0.1) is 24.0 Å². The quantitative estimate of drug-likeness (QED) is 0.802. The zero-order chi connectivity index (χ0) is 21.3. The summed E-state index contributed by atoms with van der Waals surface area (Å²) in [4.78, 5) is 38.7. The van der Waals surface area contributed by atoms with Crippen molar-refractivity contribution < 1.29 is 29.0 Å². The molecule has 152 valence electrons. The maximum Gasteiger partial charge on any atom is 0.335 e. The standard InChI is InChI=1S/C21H22N2O6/c1-12(18(24)22-14-7-5-6-8-16(14)28-4)23-15-11-13(19(25)26)9-10-17(15)29-21(2,3)20(23)27/h5-12H,1-4H3,(H,22,24)(H,25,26). The molecule has 2 N–H and O–H groups in total. The van der Waals surface area contributed by atoms with E-state index >= 15 is 0 Å². The van der Waals surface area contributed by atoms with Crippen LogP contribution in [0.5, 0.6) is 11.5 Å². The average Bonchev–Trinajstić information content (AvgIpc) is 2.68. The molecule has 0 fully saturated rings. The Labute approximate surface area is 168 Å². The van der Waals surface area contributed by atoms with Gasteiger partial charge >= 0.3 is 5.97 Å². The fourth-order valence-electron chi connectivity index (χ4n) is 3.13. The molecule has 0 saturated carbocycles. The number of hydrogen-bond donors (Lipinski definition) is 2. The number of rotatable bonds is 5. The van der Waals surface area contributed by atoms with Crippen LogP contribution in [0.15, 0.2) is 42.5 Å². The van der Waals surface area contributed by atoms with E-state index in [4.69, 9.17) is 9.47 Å². The van der Waals surface area contributed by atoms with Gasteiger partial charge in [-0.15, -0.1) is 0 Å². The van der Waals surface area contributed by atoms with E-state index < -0.39 is 29.4 Å². The first kappa shape index (κ1) is 20.2. The summed E-state index contributed by atoms with van der Waals surface area (Å²) in [5.74, 6) is -1.23. The third-order valence-corrected chi connectivity index (χ3v) is 4.70. The maximum atomic E-state index is 13.1. The van der Waals surface area contributed by atoms with E-state index in [1.54, 1.807) is 45.0 Å². The lowest BCUT2D eigenvalue weighted by Gasteiger charge is -2.41. The molecule has 0 aliphatic carbocycles. The Morgan fingerprint density at radius 1 is 1.21 bits per heavy atom.